The van der Waals surface area contributed by atoms with Crippen LogP contribution in [-0.2, 0) is 16.0 Å². The third kappa shape index (κ3) is 6.05. The zero-order valence-electron chi connectivity index (χ0n) is 16.6. The highest BCUT2D eigenvalue weighted by Crippen LogP contribution is 2.19. The highest BCUT2D eigenvalue weighted by molar-refractivity contribution is 6.30. The largest absolute Gasteiger partial charge is 0.484 e. The van der Waals surface area contributed by atoms with E-state index in [2.05, 4.69) is 15.5 Å². The van der Waals surface area contributed by atoms with Crippen molar-refractivity contribution >= 4 is 29.1 Å². The molecule has 0 saturated carbocycles. The highest BCUT2D eigenvalue weighted by atomic mass is 35.5. The van der Waals surface area contributed by atoms with E-state index in [4.69, 9.17) is 20.9 Å². The van der Waals surface area contributed by atoms with Crippen LogP contribution in [0.4, 0.5) is 5.69 Å². The maximum atomic E-state index is 12.2. The molecule has 0 fully saturated rings. The third-order valence-electron chi connectivity index (χ3n) is 4.14. The van der Waals surface area contributed by atoms with Gasteiger partial charge >= 0.3 is 0 Å². The van der Waals surface area contributed by atoms with E-state index in [1.54, 1.807) is 62.6 Å². The molecule has 1 aromatic heterocycles. The Labute approximate surface area is 178 Å². The van der Waals surface area contributed by atoms with E-state index in [1.165, 1.54) is 4.90 Å². The molecular weight excluding hydrogens is 408 g/mol. The van der Waals surface area contributed by atoms with Crippen LogP contribution in [0.3, 0.4) is 0 Å². The number of carbonyl (C=O) groups is 2. The zero-order valence-corrected chi connectivity index (χ0v) is 17.3. The van der Waals surface area contributed by atoms with Gasteiger partial charge in [0.1, 0.15) is 5.75 Å². The van der Waals surface area contributed by atoms with Crippen LogP contribution < -0.4 is 10.1 Å². The molecule has 1 N–H and O–H groups in total. The molecule has 0 radical (unpaired) electrons. The number of anilines is 1. The van der Waals surface area contributed by atoms with Crippen LogP contribution >= 0.6 is 11.6 Å². The number of likely N-dealkylation sites (N-methyl/N-ethyl adjacent to an activating group) is 1. The Morgan fingerprint density at radius 3 is 2.47 bits per heavy atom. The molecule has 9 heteroatoms. The Hall–Kier alpha value is -3.39. The van der Waals surface area contributed by atoms with Crippen molar-refractivity contribution in [2.24, 2.45) is 0 Å². The first-order chi connectivity index (χ1) is 14.4. The summed E-state index contributed by atoms with van der Waals surface area (Å²) in [6, 6.07) is 13.9. The van der Waals surface area contributed by atoms with Gasteiger partial charge in [-0.15, -0.1) is 0 Å². The number of hydrogen-bond acceptors (Lipinski definition) is 6. The number of amides is 2. The van der Waals surface area contributed by atoms with Crippen LogP contribution in [0, 0.1) is 0 Å². The maximum Gasteiger partial charge on any atom is 0.259 e. The molecule has 0 aliphatic rings. The molecule has 0 saturated heterocycles. The lowest BCUT2D eigenvalue weighted by Gasteiger charge is -2.11. The standard InChI is InChI=1S/C21H21ClN4O4/c1-26(2)20(28)13-29-17-9-7-16(8-10-17)23-18(27)11-12-19-24-21(25-30-19)14-3-5-15(22)6-4-14/h3-10H,11-13H2,1-2H3,(H,23,27). The monoisotopic (exact) mass is 428 g/mol. The Morgan fingerprint density at radius 2 is 1.80 bits per heavy atom. The van der Waals surface area contributed by atoms with E-state index in [1.807, 2.05) is 0 Å². The summed E-state index contributed by atoms with van der Waals surface area (Å²) in [7, 11) is 3.33. The number of rotatable bonds is 8. The van der Waals surface area contributed by atoms with E-state index in [0.717, 1.165) is 5.56 Å². The molecule has 0 aliphatic carbocycles. The summed E-state index contributed by atoms with van der Waals surface area (Å²) in [5.74, 6) is 1.06. The Morgan fingerprint density at radius 1 is 1.10 bits per heavy atom. The summed E-state index contributed by atoms with van der Waals surface area (Å²) in [6.07, 6.45) is 0.512. The molecule has 2 amide bonds. The van der Waals surface area contributed by atoms with Crippen LogP contribution in [-0.4, -0.2) is 47.6 Å². The predicted octanol–water partition coefficient (Wildman–Crippen LogP) is 3.43. The van der Waals surface area contributed by atoms with Crippen molar-refractivity contribution in [1.29, 1.82) is 0 Å². The Kier molecular flexibility index (Phi) is 7.03. The van der Waals surface area contributed by atoms with Crippen molar-refractivity contribution in [1.82, 2.24) is 15.0 Å². The van der Waals surface area contributed by atoms with Gasteiger partial charge < -0.3 is 19.5 Å². The van der Waals surface area contributed by atoms with Crippen molar-refractivity contribution in [3.05, 3.63) is 59.4 Å². The molecule has 0 spiro atoms. The second-order valence-electron chi connectivity index (χ2n) is 6.67. The van der Waals surface area contributed by atoms with E-state index in [0.29, 0.717) is 34.6 Å². The molecule has 1 heterocycles. The van der Waals surface area contributed by atoms with Crippen LogP contribution in [0.15, 0.2) is 53.1 Å². The van der Waals surface area contributed by atoms with Gasteiger partial charge in [0.2, 0.25) is 17.6 Å². The van der Waals surface area contributed by atoms with Gasteiger partial charge in [-0.3, -0.25) is 9.59 Å². The molecule has 30 heavy (non-hydrogen) atoms. The summed E-state index contributed by atoms with van der Waals surface area (Å²) in [5.41, 5.74) is 1.41. The van der Waals surface area contributed by atoms with Crippen molar-refractivity contribution < 1.29 is 18.8 Å². The van der Waals surface area contributed by atoms with Gasteiger partial charge in [-0.05, 0) is 48.5 Å². The van der Waals surface area contributed by atoms with Crippen LogP contribution in [0.1, 0.15) is 12.3 Å². The average molecular weight is 429 g/mol. The lowest BCUT2D eigenvalue weighted by Crippen LogP contribution is -2.27. The second-order valence-corrected chi connectivity index (χ2v) is 7.10. The Balaban J connectivity index is 1.47. The van der Waals surface area contributed by atoms with Crippen LogP contribution in [0.5, 0.6) is 5.75 Å². The van der Waals surface area contributed by atoms with E-state index in [9.17, 15) is 9.59 Å². The molecule has 8 nitrogen and oxygen atoms in total. The van der Waals surface area contributed by atoms with Gasteiger partial charge in [0.15, 0.2) is 6.61 Å². The number of carbonyl (C=O) groups excluding carboxylic acids is 2. The fourth-order valence-corrected chi connectivity index (χ4v) is 2.55. The van der Waals surface area contributed by atoms with E-state index < -0.39 is 0 Å². The second kappa shape index (κ2) is 9.89. The number of aromatic nitrogens is 2. The quantitative estimate of drug-likeness (QED) is 0.590. The number of nitrogens with one attached hydrogen (secondary N) is 1. The first kappa shape index (κ1) is 21.3. The van der Waals surface area contributed by atoms with Crippen molar-refractivity contribution in [2.75, 3.05) is 26.0 Å². The number of ether oxygens (including phenoxy) is 1. The van der Waals surface area contributed by atoms with E-state index in [-0.39, 0.29) is 24.8 Å². The molecule has 3 rings (SSSR count). The van der Waals surface area contributed by atoms with Gasteiger partial charge in [0, 0.05) is 43.2 Å². The summed E-state index contributed by atoms with van der Waals surface area (Å²) >= 11 is 5.87. The number of aryl methyl sites for hydroxylation is 1. The maximum absolute atomic E-state index is 12.2. The Bertz CT molecular complexity index is 1000. The molecule has 0 atom stereocenters. The molecular formula is C21H21ClN4O4. The van der Waals surface area contributed by atoms with Gasteiger partial charge in [-0.1, -0.05) is 16.8 Å². The van der Waals surface area contributed by atoms with Crippen molar-refractivity contribution in [3.8, 4) is 17.1 Å². The lowest BCUT2D eigenvalue weighted by atomic mass is 10.2. The van der Waals surface area contributed by atoms with Crippen LogP contribution in [0.25, 0.3) is 11.4 Å². The fraction of sp³-hybridized carbons (Fsp3) is 0.238. The van der Waals surface area contributed by atoms with Crippen molar-refractivity contribution in [2.45, 2.75) is 12.8 Å². The SMILES string of the molecule is CN(C)C(=O)COc1ccc(NC(=O)CCc2nc(-c3ccc(Cl)cc3)no2)cc1. The topological polar surface area (TPSA) is 97.6 Å². The first-order valence-corrected chi connectivity index (χ1v) is 9.60. The van der Waals surface area contributed by atoms with Crippen LogP contribution in [0.2, 0.25) is 5.02 Å². The summed E-state index contributed by atoms with van der Waals surface area (Å²) in [5, 5.41) is 7.35. The minimum Gasteiger partial charge on any atom is -0.484 e. The molecule has 0 bridgehead atoms. The molecule has 0 aliphatic heterocycles. The molecule has 3 aromatic rings. The lowest BCUT2D eigenvalue weighted by molar-refractivity contribution is -0.130. The van der Waals surface area contributed by atoms with Gasteiger partial charge in [0.05, 0.1) is 0 Å². The smallest absolute Gasteiger partial charge is 0.259 e. The number of nitrogens with zero attached hydrogens (tertiary/aromatic N) is 3. The zero-order chi connectivity index (χ0) is 21.5. The van der Waals surface area contributed by atoms with E-state index >= 15 is 0 Å². The minimum atomic E-state index is -0.183. The third-order valence-corrected chi connectivity index (χ3v) is 4.39. The van der Waals surface area contributed by atoms with Gasteiger partial charge in [0.25, 0.3) is 5.91 Å². The van der Waals surface area contributed by atoms with Crippen molar-refractivity contribution in [3.63, 3.8) is 0 Å². The predicted molar refractivity (Wildman–Crippen MR) is 112 cm³/mol. The van der Waals surface area contributed by atoms with Gasteiger partial charge in [-0.2, -0.15) is 4.98 Å². The summed E-state index contributed by atoms with van der Waals surface area (Å²) in [4.78, 5) is 29.5. The molecule has 2 aromatic carbocycles. The number of hydrogen-bond donors (Lipinski definition) is 1. The van der Waals surface area contributed by atoms with Gasteiger partial charge in [-0.25, -0.2) is 0 Å². The summed E-state index contributed by atoms with van der Waals surface area (Å²) < 4.78 is 10.6. The molecule has 156 valence electrons. The highest BCUT2D eigenvalue weighted by Gasteiger charge is 2.11. The number of halogens is 1. The number of benzene rings is 2. The minimum absolute atomic E-state index is 0.0408. The fourth-order valence-electron chi connectivity index (χ4n) is 2.43. The molecule has 0 unspecified atom stereocenters. The average Bonchev–Trinajstić information content (AvgIpc) is 3.21. The first-order valence-electron chi connectivity index (χ1n) is 9.22. The normalized spacial score (nSPS) is 10.5. The summed E-state index contributed by atoms with van der Waals surface area (Å²) in [6.45, 7) is -0.0408.